The summed E-state index contributed by atoms with van der Waals surface area (Å²) in [6.45, 7) is 1.08. The number of ether oxygens (including phenoxy) is 4. The lowest BCUT2D eigenvalue weighted by molar-refractivity contribution is -0.923. The molecule has 0 amide bonds. The third kappa shape index (κ3) is 6.74. The van der Waals surface area contributed by atoms with Gasteiger partial charge in [0.15, 0.2) is 23.0 Å². The number of hydrogen-bond acceptors (Lipinski definition) is 7. The first-order chi connectivity index (χ1) is 17.5. The van der Waals surface area contributed by atoms with Crippen LogP contribution < -0.4 is 18.9 Å². The molecule has 0 N–H and O–H groups in total. The fourth-order valence-corrected chi connectivity index (χ4v) is 5.07. The van der Waals surface area contributed by atoms with Crippen LogP contribution in [-0.2, 0) is 23.0 Å². The van der Waals surface area contributed by atoms with E-state index in [1.54, 1.807) is 34.5 Å². The number of benzene rings is 3. The zero-order valence-corrected chi connectivity index (χ0v) is 23.0. The zero-order chi connectivity index (χ0) is 27.2. The molecule has 1 heterocycles. The first-order valence-corrected chi connectivity index (χ1v) is 13.2. The summed E-state index contributed by atoms with van der Waals surface area (Å²) < 4.78 is 53.7. The molecule has 37 heavy (non-hydrogen) atoms. The fourth-order valence-electron chi connectivity index (χ4n) is 4.58. The Kier molecular flexibility index (Phi) is 9.07. The third-order valence-electron chi connectivity index (χ3n) is 6.71. The van der Waals surface area contributed by atoms with Crippen molar-refractivity contribution in [2.24, 2.45) is 0 Å². The molecule has 0 unspecified atom stereocenters. The average Bonchev–Trinajstić information content (AvgIpc) is 2.89. The fraction of sp³-hybridized carbons (Fsp3) is 0.357. The van der Waals surface area contributed by atoms with Crippen LogP contribution in [0.5, 0.6) is 23.0 Å². The first-order valence-electron chi connectivity index (χ1n) is 11.8. The molecule has 1 atom stereocenters. The molecular weight excluding hydrogens is 494 g/mol. The maximum Gasteiger partial charge on any atom is 0.161 e. The number of nitrogens with zero attached hydrogens (tertiary/aromatic N) is 1. The number of methoxy groups -OCH3 is 4. The molecule has 4 rings (SSSR count). The van der Waals surface area contributed by atoms with Crippen molar-refractivity contribution in [3.8, 4) is 23.0 Å². The average molecular weight is 530 g/mol. The first kappa shape index (κ1) is 28.3. The molecule has 0 bridgehead atoms. The molecule has 0 aliphatic carbocycles. The molecule has 0 radical (unpaired) electrons. The molecule has 0 fully saturated rings. The van der Waals surface area contributed by atoms with E-state index in [1.165, 1.54) is 41.0 Å². The van der Waals surface area contributed by atoms with E-state index in [-0.39, 0.29) is 4.90 Å². The van der Waals surface area contributed by atoms with Crippen LogP contribution in [0.3, 0.4) is 0 Å². The molecule has 1 aliphatic rings. The van der Waals surface area contributed by atoms with Gasteiger partial charge in [0.1, 0.15) is 16.2 Å². The minimum atomic E-state index is -4.25. The summed E-state index contributed by atoms with van der Waals surface area (Å²) in [5.74, 6) is 3.11. The molecule has 3 aromatic rings. The number of hydrogen-bond donors (Lipinski definition) is 0. The van der Waals surface area contributed by atoms with Crippen LogP contribution in [0.25, 0.3) is 0 Å². The molecular formula is C28H35NO7S. The van der Waals surface area contributed by atoms with Crippen LogP contribution in [0.2, 0.25) is 0 Å². The number of likely N-dealkylation sites (N-methyl/N-ethyl adjacent to an activating group) is 1. The van der Waals surface area contributed by atoms with Crippen LogP contribution in [0.15, 0.2) is 65.6 Å². The van der Waals surface area contributed by atoms with E-state index in [9.17, 15) is 13.0 Å². The van der Waals surface area contributed by atoms with E-state index in [1.807, 2.05) is 6.07 Å². The topological polar surface area (TPSA) is 94.1 Å². The summed E-state index contributed by atoms with van der Waals surface area (Å²) in [6.07, 6.45) is 1.95. The van der Waals surface area contributed by atoms with Gasteiger partial charge in [0.2, 0.25) is 0 Å². The number of rotatable bonds is 7. The highest BCUT2D eigenvalue weighted by molar-refractivity contribution is 7.85. The highest BCUT2D eigenvalue weighted by Crippen LogP contribution is 2.42. The second-order valence-electron chi connectivity index (χ2n) is 9.33. The Bertz CT molecular complexity index is 1310. The molecule has 8 nitrogen and oxygen atoms in total. The van der Waals surface area contributed by atoms with Gasteiger partial charge in [0.05, 0.1) is 54.0 Å². The van der Waals surface area contributed by atoms with E-state index in [0.717, 1.165) is 46.9 Å². The largest absolute Gasteiger partial charge is 0.744 e. The van der Waals surface area contributed by atoms with Gasteiger partial charge in [-0.25, -0.2) is 8.42 Å². The van der Waals surface area contributed by atoms with Crippen LogP contribution in [0, 0.1) is 0 Å². The van der Waals surface area contributed by atoms with Crippen molar-refractivity contribution in [3.05, 3.63) is 77.4 Å². The maximum absolute atomic E-state index is 10.3. The van der Waals surface area contributed by atoms with E-state index in [2.05, 4.69) is 38.4 Å². The van der Waals surface area contributed by atoms with Crippen LogP contribution >= 0.6 is 0 Å². The lowest BCUT2D eigenvalue weighted by Gasteiger charge is -2.43. The Morgan fingerprint density at radius 1 is 0.811 bits per heavy atom. The van der Waals surface area contributed by atoms with E-state index < -0.39 is 10.1 Å². The standard InChI is InChI=1S/C22H30NO4.C6H6O3S/c1-23(2)10-9-16-13-21(26-5)22(27-6)14-17(16)18(23)11-15-7-8-19(24-3)20(12-15)25-4;7-10(8,9)6-4-2-1-3-5-6/h7-8,12-14,18H,9-11H2,1-6H3;1-5H,(H,7,8,9)/q+1;/p-1/t18-;/m1./s1. The van der Waals surface area contributed by atoms with Crippen LogP contribution in [-0.4, -0.2) is 66.5 Å². The smallest absolute Gasteiger partial charge is 0.161 e. The molecule has 200 valence electrons. The van der Waals surface area contributed by atoms with Gasteiger partial charge in [0, 0.05) is 18.4 Å². The Morgan fingerprint density at radius 2 is 1.38 bits per heavy atom. The number of quaternary nitrogens is 1. The molecule has 3 aromatic carbocycles. The lowest BCUT2D eigenvalue weighted by atomic mass is 9.87. The van der Waals surface area contributed by atoms with Crippen LogP contribution in [0.4, 0.5) is 0 Å². The van der Waals surface area contributed by atoms with Crippen molar-refractivity contribution in [2.75, 3.05) is 49.1 Å². The number of fused-ring (bicyclic) bond motifs is 1. The lowest BCUT2D eigenvalue weighted by Crippen LogP contribution is -2.48. The predicted molar refractivity (Wildman–Crippen MR) is 141 cm³/mol. The van der Waals surface area contributed by atoms with Gasteiger partial charge in [-0.05, 0) is 47.5 Å². The van der Waals surface area contributed by atoms with Gasteiger partial charge in [-0.2, -0.15) is 0 Å². The molecule has 0 saturated carbocycles. The normalized spacial score (nSPS) is 16.0. The molecule has 0 aromatic heterocycles. The van der Waals surface area contributed by atoms with Crippen molar-refractivity contribution in [2.45, 2.75) is 23.8 Å². The third-order valence-corrected chi connectivity index (χ3v) is 7.56. The molecule has 0 saturated heterocycles. The summed E-state index contributed by atoms with van der Waals surface area (Å²) in [4.78, 5) is -0.185. The second kappa shape index (κ2) is 11.9. The van der Waals surface area contributed by atoms with E-state index >= 15 is 0 Å². The van der Waals surface area contributed by atoms with Crippen molar-refractivity contribution in [1.82, 2.24) is 0 Å². The molecule has 0 spiro atoms. The Balaban J connectivity index is 0.000000319. The predicted octanol–water partition coefficient (Wildman–Crippen LogP) is 4.23. The second-order valence-corrected chi connectivity index (χ2v) is 10.7. The van der Waals surface area contributed by atoms with Gasteiger partial charge in [-0.1, -0.05) is 24.3 Å². The Hall–Kier alpha value is -3.27. The minimum Gasteiger partial charge on any atom is -0.744 e. The summed E-state index contributed by atoms with van der Waals surface area (Å²) in [7, 11) is 7.06. The quantitative estimate of drug-likeness (QED) is 0.334. The summed E-state index contributed by atoms with van der Waals surface area (Å²) in [6, 6.07) is 18.0. The van der Waals surface area contributed by atoms with Crippen molar-refractivity contribution < 1.29 is 36.4 Å². The van der Waals surface area contributed by atoms with Crippen molar-refractivity contribution >= 4 is 10.1 Å². The minimum absolute atomic E-state index is 0.185. The Morgan fingerprint density at radius 3 is 1.92 bits per heavy atom. The highest BCUT2D eigenvalue weighted by Gasteiger charge is 2.37. The van der Waals surface area contributed by atoms with Gasteiger partial charge in [-0.15, -0.1) is 0 Å². The van der Waals surface area contributed by atoms with Crippen molar-refractivity contribution in [1.29, 1.82) is 0 Å². The summed E-state index contributed by atoms with van der Waals surface area (Å²) in [5, 5.41) is 0. The van der Waals surface area contributed by atoms with Crippen molar-refractivity contribution in [3.63, 3.8) is 0 Å². The summed E-state index contributed by atoms with van der Waals surface area (Å²) >= 11 is 0. The Labute approximate surface area is 219 Å². The molecule has 9 heteroatoms. The molecule has 1 aliphatic heterocycles. The zero-order valence-electron chi connectivity index (χ0n) is 22.2. The SMILES string of the molecule is COc1ccc(C[C@@H]2c3cc(OC)c(OC)cc3CC[N+]2(C)C)cc1OC.O=S(=O)([O-])c1ccccc1. The monoisotopic (exact) mass is 529 g/mol. The van der Waals surface area contributed by atoms with E-state index in [0.29, 0.717) is 6.04 Å². The maximum atomic E-state index is 10.3. The van der Waals surface area contributed by atoms with Gasteiger partial charge in [-0.3, -0.25) is 0 Å². The van der Waals surface area contributed by atoms with Gasteiger partial charge < -0.3 is 28.0 Å². The highest BCUT2D eigenvalue weighted by atomic mass is 32.2. The van der Waals surface area contributed by atoms with Gasteiger partial charge in [0.25, 0.3) is 0 Å². The van der Waals surface area contributed by atoms with Crippen LogP contribution in [0.1, 0.15) is 22.7 Å². The van der Waals surface area contributed by atoms with Gasteiger partial charge >= 0.3 is 0 Å². The summed E-state index contributed by atoms with van der Waals surface area (Å²) in [5.41, 5.74) is 3.90. The van der Waals surface area contributed by atoms with E-state index in [4.69, 9.17) is 18.9 Å².